The van der Waals surface area contributed by atoms with Crippen LogP contribution < -0.4 is 10.6 Å². The second kappa shape index (κ2) is 9.44. The fraction of sp³-hybridized carbons (Fsp3) is 0.217. The van der Waals surface area contributed by atoms with Crippen LogP contribution in [0.1, 0.15) is 16.7 Å². The van der Waals surface area contributed by atoms with Crippen LogP contribution >= 0.6 is 34.7 Å². The minimum atomic E-state index is -0.239. The summed E-state index contributed by atoms with van der Waals surface area (Å²) in [5, 5.41) is 7.46. The predicted octanol–water partition coefficient (Wildman–Crippen LogP) is 6.11. The number of carbonyl (C=O) groups is 1. The van der Waals surface area contributed by atoms with E-state index in [0.29, 0.717) is 10.8 Å². The summed E-state index contributed by atoms with van der Waals surface area (Å²) >= 11 is 9.47. The number of carbonyl (C=O) groups excluding carboxylic acids is 1. The quantitative estimate of drug-likeness (QED) is 0.425. The lowest BCUT2D eigenvalue weighted by molar-refractivity contribution is -0.111. The minimum Gasteiger partial charge on any atom is -0.331 e. The maximum Gasteiger partial charge on any atom is 0.247 e. The summed E-state index contributed by atoms with van der Waals surface area (Å²) in [4.78, 5) is 19.4. The van der Waals surface area contributed by atoms with E-state index in [1.54, 1.807) is 0 Å². The summed E-state index contributed by atoms with van der Waals surface area (Å²) in [5.74, 6) is -0.239. The average molecular weight is 471 g/mol. The molecule has 2 N–H and O–H groups in total. The lowest BCUT2D eigenvalue weighted by Gasteiger charge is -2.26. The smallest absolute Gasteiger partial charge is 0.247 e. The molecule has 0 saturated heterocycles. The van der Waals surface area contributed by atoms with E-state index < -0.39 is 0 Å². The molecule has 1 aromatic heterocycles. The number of aryl methyl sites for hydroxylation is 1. The monoisotopic (exact) mass is 470 g/mol. The first-order valence-electron chi connectivity index (χ1n) is 9.87. The lowest BCUT2D eigenvalue weighted by Crippen LogP contribution is -2.26. The van der Waals surface area contributed by atoms with Crippen molar-refractivity contribution in [2.75, 3.05) is 24.2 Å². The van der Waals surface area contributed by atoms with Gasteiger partial charge in [0.05, 0.1) is 0 Å². The van der Waals surface area contributed by atoms with Crippen LogP contribution in [0, 0.1) is 6.92 Å². The van der Waals surface area contributed by atoms with Crippen molar-refractivity contribution in [3.8, 4) is 0 Å². The molecule has 0 spiro atoms. The molecule has 0 atom stereocenters. The van der Waals surface area contributed by atoms with Gasteiger partial charge in [-0.05, 0) is 67.4 Å². The first-order chi connectivity index (χ1) is 14.9. The number of anilines is 3. The number of halogens is 1. The number of aromatic nitrogens is 1. The fourth-order valence-corrected chi connectivity index (χ4v) is 5.80. The highest BCUT2D eigenvalue weighted by Crippen LogP contribution is 2.41. The summed E-state index contributed by atoms with van der Waals surface area (Å²) in [7, 11) is 2.16. The number of hydrogen-bond acceptors (Lipinski definition) is 6. The standard InChI is InChI=1S/C23H23ClN4OS2/c1-4-20(29)25-17-6-5-7-18(12-17)30-22-21(24)27-23(31-22)26-19-11-15-8-9-28(3)13-16(15)10-14(19)2/h4-7,10-12H,1,8-9,13H2,2-3H3,(H,25,29)(H,26,27). The van der Waals surface area contributed by atoms with Gasteiger partial charge in [-0.3, -0.25) is 4.79 Å². The van der Waals surface area contributed by atoms with E-state index in [-0.39, 0.29) is 5.91 Å². The highest BCUT2D eigenvalue weighted by molar-refractivity contribution is 8.01. The highest BCUT2D eigenvalue weighted by Gasteiger charge is 2.17. The van der Waals surface area contributed by atoms with Crippen molar-refractivity contribution in [2.45, 2.75) is 29.0 Å². The number of fused-ring (bicyclic) bond motifs is 1. The first kappa shape index (κ1) is 21.9. The number of rotatable bonds is 6. The van der Waals surface area contributed by atoms with Crippen LogP contribution in [-0.2, 0) is 17.8 Å². The SMILES string of the molecule is C=CC(=O)Nc1cccc(Sc2sc(Nc3cc4c(cc3C)CN(C)CC4)nc2Cl)c1. The normalized spacial score (nSPS) is 13.5. The van der Waals surface area contributed by atoms with E-state index >= 15 is 0 Å². The summed E-state index contributed by atoms with van der Waals surface area (Å²) in [6, 6.07) is 12.1. The van der Waals surface area contributed by atoms with Crippen LogP contribution in [0.4, 0.5) is 16.5 Å². The van der Waals surface area contributed by atoms with Gasteiger partial charge >= 0.3 is 0 Å². The molecule has 1 aliphatic heterocycles. The largest absolute Gasteiger partial charge is 0.331 e. The Kier molecular flexibility index (Phi) is 6.67. The molecule has 0 saturated carbocycles. The van der Waals surface area contributed by atoms with Crippen molar-refractivity contribution in [1.29, 1.82) is 0 Å². The number of nitrogens with one attached hydrogen (secondary N) is 2. The number of thiazole rings is 1. The van der Waals surface area contributed by atoms with Crippen molar-refractivity contribution in [2.24, 2.45) is 0 Å². The lowest BCUT2D eigenvalue weighted by atomic mass is 9.97. The Morgan fingerprint density at radius 2 is 2.16 bits per heavy atom. The molecule has 0 aliphatic carbocycles. The van der Waals surface area contributed by atoms with Crippen molar-refractivity contribution >= 4 is 57.1 Å². The van der Waals surface area contributed by atoms with Gasteiger partial charge in [-0.2, -0.15) is 0 Å². The molecule has 4 rings (SSSR count). The van der Waals surface area contributed by atoms with Gasteiger partial charge in [0.15, 0.2) is 10.3 Å². The molecule has 0 unspecified atom stereocenters. The Balaban J connectivity index is 1.51. The molecular weight excluding hydrogens is 448 g/mol. The maximum absolute atomic E-state index is 11.5. The van der Waals surface area contributed by atoms with E-state index in [1.807, 2.05) is 24.3 Å². The van der Waals surface area contributed by atoms with Crippen LogP contribution in [0.25, 0.3) is 0 Å². The zero-order valence-electron chi connectivity index (χ0n) is 17.4. The number of amides is 1. The second-order valence-electron chi connectivity index (χ2n) is 7.47. The Labute approximate surface area is 195 Å². The van der Waals surface area contributed by atoms with Gasteiger partial charge in [-0.25, -0.2) is 4.98 Å². The molecule has 0 fully saturated rings. The van der Waals surface area contributed by atoms with Gasteiger partial charge < -0.3 is 15.5 Å². The van der Waals surface area contributed by atoms with Crippen LogP contribution in [-0.4, -0.2) is 29.4 Å². The van der Waals surface area contributed by atoms with Gasteiger partial charge in [-0.1, -0.05) is 53.4 Å². The second-order valence-corrected chi connectivity index (χ2v) is 10.2. The summed E-state index contributed by atoms with van der Waals surface area (Å²) in [5.41, 5.74) is 5.76. The average Bonchev–Trinajstić information content (AvgIpc) is 3.07. The Morgan fingerprint density at radius 3 is 2.97 bits per heavy atom. The number of likely N-dealkylation sites (N-methyl/N-ethyl adjacent to an activating group) is 1. The van der Waals surface area contributed by atoms with Gasteiger partial charge in [0.1, 0.15) is 4.21 Å². The third kappa shape index (κ3) is 5.30. The number of benzene rings is 2. The molecule has 8 heteroatoms. The molecule has 5 nitrogen and oxygen atoms in total. The minimum absolute atomic E-state index is 0.239. The molecule has 1 amide bonds. The zero-order valence-corrected chi connectivity index (χ0v) is 19.8. The molecule has 160 valence electrons. The van der Waals surface area contributed by atoms with Crippen LogP contribution in [0.2, 0.25) is 5.15 Å². The topological polar surface area (TPSA) is 57.3 Å². The van der Waals surface area contributed by atoms with E-state index in [0.717, 1.165) is 39.4 Å². The highest BCUT2D eigenvalue weighted by atomic mass is 35.5. The van der Waals surface area contributed by atoms with Crippen molar-refractivity contribution in [1.82, 2.24) is 9.88 Å². The van der Waals surface area contributed by atoms with Crippen molar-refractivity contribution in [3.05, 3.63) is 70.9 Å². The fourth-order valence-electron chi connectivity index (χ4n) is 3.47. The zero-order chi connectivity index (χ0) is 22.0. The van der Waals surface area contributed by atoms with Crippen LogP contribution in [0.5, 0.6) is 0 Å². The van der Waals surface area contributed by atoms with Crippen molar-refractivity contribution in [3.63, 3.8) is 0 Å². The number of hydrogen-bond donors (Lipinski definition) is 2. The summed E-state index contributed by atoms with van der Waals surface area (Å²) in [6.45, 7) is 7.66. The molecular formula is C23H23ClN4OS2. The number of nitrogens with zero attached hydrogens (tertiary/aromatic N) is 2. The predicted molar refractivity (Wildman–Crippen MR) is 131 cm³/mol. The molecule has 2 aromatic carbocycles. The third-order valence-electron chi connectivity index (χ3n) is 5.05. The molecule has 3 aromatic rings. The summed E-state index contributed by atoms with van der Waals surface area (Å²) in [6.07, 6.45) is 2.30. The Hall–Kier alpha value is -2.32. The Bertz CT molecular complexity index is 1140. The van der Waals surface area contributed by atoms with E-state index in [1.165, 1.54) is 45.9 Å². The third-order valence-corrected chi connectivity index (χ3v) is 7.68. The van der Waals surface area contributed by atoms with Crippen LogP contribution in [0.3, 0.4) is 0 Å². The molecule has 31 heavy (non-hydrogen) atoms. The summed E-state index contributed by atoms with van der Waals surface area (Å²) < 4.78 is 0.897. The molecule has 1 aliphatic rings. The van der Waals surface area contributed by atoms with Crippen LogP contribution in [0.15, 0.2) is 58.2 Å². The Morgan fingerprint density at radius 1 is 1.32 bits per heavy atom. The molecule has 0 bridgehead atoms. The van der Waals surface area contributed by atoms with E-state index in [4.69, 9.17) is 11.6 Å². The van der Waals surface area contributed by atoms with Crippen molar-refractivity contribution < 1.29 is 4.79 Å². The van der Waals surface area contributed by atoms with E-state index in [9.17, 15) is 4.79 Å². The molecule has 2 heterocycles. The van der Waals surface area contributed by atoms with Gasteiger partial charge in [-0.15, -0.1) is 0 Å². The van der Waals surface area contributed by atoms with Gasteiger partial charge in [0.25, 0.3) is 0 Å². The first-order valence-corrected chi connectivity index (χ1v) is 11.9. The van der Waals surface area contributed by atoms with E-state index in [2.05, 4.69) is 53.2 Å². The van der Waals surface area contributed by atoms with Gasteiger partial charge in [0.2, 0.25) is 5.91 Å². The molecule has 0 radical (unpaired) electrons. The van der Waals surface area contributed by atoms with Gasteiger partial charge in [0, 0.05) is 29.4 Å². The maximum atomic E-state index is 11.5.